The van der Waals surface area contributed by atoms with Crippen LogP contribution in [0.1, 0.15) is 45.4 Å². The number of unbranched alkanes of at least 4 members (excludes halogenated alkanes) is 4. The molecular weight excluding hydrogens is 309 g/mol. The third-order valence-corrected chi connectivity index (χ3v) is 2.71. The van der Waals surface area contributed by atoms with E-state index in [0.717, 1.165) is 19.3 Å². The minimum Gasteiger partial charge on any atom is -0.459 e. The quantitative estimate of drug-likeness (QED) is 0.348. The molecule has 0 rings (SSSR count). The molecule has 0 aliphatic rings. The number of esters is 1. The van der Waals surface area contributed by atoms with Gasteiger partial charge in [-0.15, -0.1) is 0 Å². The first-order valence-electron chi connectivity index (χ1n) is 6.43. The Morgan fingerprint density at radius 1 is 0.905 bits per heavy atom. The summed E-state index contributed by atoms with van der Waals surface area (Å²) in [6.45, 7) is -0.343. The summed E-state index contributed by atoms with van der Waals surface area (Å²) in [6, 6.07) is 0. The normalized spacial score (nSPS) is 13.3. The fraction of sp³-hybridized carbons (Fsp3) is 0.917. The predicted octanol–water partition coefficient (Wildman–Crippen LogP) is 4.72. The van der Waals surface area contributed by atoms with Crippen LogP contribution in [0.15, 0.2) is 0 Å². The fourth-order valence-electron chi connectivity index (χ4n) is 1.41. The summed E-state index contributed by atoms with van der Waals surface area (Å²) in [6.07, 6.45) is -3.10. The molecule has 0 unspecified atom stereocenters. The highest BCUT2D eigenvalue weighted by Gasteiger charge is 2.73. The first-order chi connectivity index (χ1) is 9.45. The molecule has 0 radical (unpaired) electrons. The van der Waals surface area contributed by atoms with Crippen molar-refractivity contribution in [3.8, 4) is 0 Å². The van der Waals surface area contributed by atoms with Gasteiger partial charge in [0.1, 0.15) is 0 Å². The number of halogens is 7. The monoisotopic (exact) mass is 326 g/mol. The maximum absolute atomic E-state index is 12.8. The van der Waals surface area contributed by atoms with Gasteiger partial charge >= 0.3 is 24.0 Å². The summed E-state index contributed by atoms with van der Waals surface area (Å²) in [7, 11) is 0. The van der Waals surface area contributed by atoms with E-state index in [1.54, 1.807) is 0 Å². The summed E-state index contributed by atoms with van der Waals surface area (Å²) >= 11 is 0. The van der Waals surface area contributed by atoms with Crippen LogP contribution in [0.25, 0.3) is 0 Å². The average Bonchev–Trinajstić information content (AvgIpc) is 2.34. The van der Waals surface area contributed by atoms with Gasteiger partial charge in [0.25, 0.3) is 0 Å². The second-order valence-corrected chi connectivity index (χ2v) is 4.60. The number of ether oxygens (including phenoxy) is 1. The topological polar surface area (TPSA) is 26.3 Å². The second kappa shape index (κ2) is 7.84. The fourth-order valence-corrected chi connectivity index (χ4v) is 1.41. The van der Waals surface area contributed by atoms with E-state index in [2.05, 4.69) is 4.74 Å². The van der Waals surface area contributed by atoms with Crippen LogP contribution >= 0.6 is 0 Å². The summed E-state index contributed by atoms with van der Waals surface area (Å²) < 4.78 is 89.8. The molecule has 0 aliphatic carbocycles. The Kier molecular flexibility index (Phi) is 7.46. The zero-order chi connectivity index (χ0) is 16.7. The van der Waals surface area contributed by atoms with E-state index in [-0.39, 0.29) is 6.42 Å². The minimum atomic E-state index is -6.41. The Bertz CT molecular complexity index is 326. The van der Waals surface area contributed by atoms with Gasteiger partial charge in [-0.3, -0.25) is 4.79 Å². The summed E-state index contributed by atoms with van der Waals surface area (Å²) in [5, 5.41) is 0. The Morgan fingerprint density at radius 3 is 1.90 bits per heavy atom. The Morgan fingerprint density at radius 2 is 1.43 bits per heavy atom. The number of hydrogen-bond acceptors (Lipinski definition) is 2. The van der Waals surface area contributed by atoms with Gasteiger partial charge in [-0.25, -0.2) is 0 Å². The lowest BCUT2D eigenvalue weighted by Gasteiger charge is -2.27. The Labute approximate surface area is 117 Å². The van der Waals surface area contributed by atoms with Crippen molar-refractivity contribution in [1.29, 1.82) is 0 Å². The highest BCUT2D eigenvalue weighted by Crippen LogP contribution is 2.46. The van der Waals surface area contributed by atoms with Crippen LogP contribution < -0.4 is 0 Å². The van der Waals surface area contributed by atoms with Gasteiger partial charge in [0.05, 0.1) is 0 Å². The van der Waals surface area contributed by atoms with Gasteiger partial charge in [0.15, 0.2) is 6.61 Å². The van der Waals surface area contributed by atoms with Crippen molar-refractivity contribution in [3.63, 3.8) is 0 Å². The number of carbonyl (C=O) groups excluding carboxylic acids is 1. The highest BCUT2D eigenvalue weighted by molar-refractivity contribution is 5.69. The maximum atomic E-state index is 12.8. The van der Waals surface area contributed by atoms with Crippen LogP contribution in [0.3, 0.4) is 0 Å². The molecule has 0 bridgehead atoms. The lowest BCUT2D eigenvalue weighted by molar-refractivity contribution is -0.359. The largest absolute Gasteiger partial charge is 0.460 e. The van der Waals surface area contributed by atoms with Gasteiger partial charge in [0.2, 0.25) is 0 Å². The van der Waals surface area contributed by atoms with Crippen LogP contribution in [0.4, 0.5) is 30.7 Å². The molecule has 0 aromatic heterocycles. The van der Waals surface area contributed by atoms with Crippen molar-refractivity contribution < 1.29 is 40.3 Å². The lowest BCUT2D eigenvalue weighted by atomic mass is 10.1. The molecule has 2 nitrogen and oxygen atoms in total. The predicted molar refractivity (Wildman–Crippen MR) is 60.3 cm³/mol. The van der Waals surface area contributed by atoms with Crippen LogP contribution in [0.5, 0.6) is 0 Å². The van der Waals surface area contributed by atoms with Crippen molar-refractivity contribution in [1.82, 2.24) is 0 Å². The summed E-state index contributed by atoms with van der Waals surface area (Å²) in [4.78, 5) is 11.0. The molecular formula is C12H17F7O2. The Hall–Kier alpha value is -1.02. The van der Waals surface area contributed by atoms with E-state index < -0.39 is 30.6 Å². The molecule has 0 aliphatic heterocycles. The number of alkyl halides is 7. The van der Waals surface area contributed by atoms with Gasteiger partial charge in [0, 0.05) is 6.42 Å². The smallest absolute Gasteiger partial charge is 0.459 e. The van der Waals surface area contributed by atoms with E-state index >= 15 is 0 Å². The molecule has 21 heavy (non-hydrogen) atoms. The first kappa shape index (κ1) is 20.0. The lowest BCUT2D eigenvalue weighted by Crippen LogP contribution is -2.54. The molecule has 0 aromatic carbocycles. The molecule has 0 heterocycles. The molecule has 0 N–H and O–H groups in total. The molecule has 9 heteroatoms. The molecule has 0 atom stereocenters. The summed E-state index contributed by atoms with van der Waals surface area (Å²) in [5.41, 5.74) is 0. The zero-order valence-corrected chi connectivity index (χ0v) is 11.4. The van der Waals surface area contributed by atoms with Crippen LogP contribution in [0.2, 0.25) is 0 Å². The van der Waals surface area contributed by atoms with Crippen molar-refractivity contribution in [2.24, 2.45) is 0 Å². The Balaban J connectivity index is 4.22. The zero-order valence-electron chi connectivity index (χ0n) is 11.4. The molecule has 0 aromatic rings. The van der Waals surface area contributed by atoms with Crippen LogP contribution in [-0.4, -0.2) is 30.6 Å². The third kappa shape index (κ3) is 6.09. The number of carbonyl (C=O) groups is 1. The van der Waals surface area contributed by atoms with Crippen molar-refractivity contribution >= 4 is 5.97 Å². The van der Waals surface area contributed by atoms with Gasteiger partial charge in [-0.05, 0) is 6.42 Å². The SMILES string of the molecule is CCCCCCCC(=O)OCC(F)(F)C(F)(F)C(F)(F)F. The molecule has 0 saturated carbocycles. The van der Waals surface area contributed by atoms with Crippen LogP contribution in [0, 0.1) is 0 Å². The minimum absolute atomic E-state index is 0.294. The third-order valence-electron chi connectivity index (χ3n) is 2.71. The van der Waals surface area contributed by atoms with Gasteiger partial charge in [-0.2, -0.15) is 30.7 Å². The first-order valence-corrected chi connectivity index (χ1v) is 6.43. The molecule has 0 saturated heterocycles. The highest BCUT2D eigenvalue weighted by atomic mass is 19.4. The van der Waals surface area contributed by atoms with E-state index in [9.17, 15) is 35.5 Å². The molecule has 0 spiro atoms. The van der Waals surface area contributed by atoms with Crippen molar-refractivity contribution in [2.45, 2.75) is 63.5 Å². The number of hydrogen-bond donors (Lipinski definition) is 0. The standard InChI is InChI=1S/C12H17F7O2/c1-2-3-4-5-6-7-9(20)21-8-10(13,14)11(15,16)12(17,18)19/h2-8H2,1H3. The second-order valence-electron chi connectivity index (χ2n) is 4.60. The molecule has 0 amide bonds. The van der Waals surface area contributed by atoms with Crippen molar-refractivity contribution in [2.75, 3.05) is 6.61 Å². The molecule has 126 valence electrons. The van der Waals surface area contributed by atoms with Gasteiger partial charge < -0.3 is 4.74 Å². The summed E-state index contributed by atoms with van der Waals surface area (Å²) in [5.74, 6) is -13.0. The average molecular weight is 326 g/mol. The van der Waals surface area contributed by atoms with E-state index in [1.807, 2.05) is 6.92 Å². The molecule has 0 fully saturated rings. The maximum Gasteiger partial charge on any atom is 0.460 e. The van der Waals surface area contributed by atoms with E-state index in [0.29, 0.717) is 12.8 Å². The number of rotatable bonds is 9. The van der Waals surface area contributed by atoms with Crippen molar-refractivity contribution in [3.05, 3.63) is 0 Å². The van der Waals surface area contributed by atoms with Crippen LogP contribution in [-0.2, 0) is 9.53 Å². The van der Waals surface area contributed by atoms with Gasteiger partial charge in [-0.1, -0.05) is 32.6 Å². The van der Waals surface area contributed by atoms with E-state index in [4.69, 9.17) is 0 Å². The van der Waals surface area contributed by atoms with E-state index in [1.165, 1.54) is 0 Å².